The van der Waals surface area contributed by atoms with E-state index in [0.717, 1.165) is 23.8 Å². The van der Waals surface area contributed by atoms with Crippen LogP contribution in [0.1, 0.15) is 49.9 Å². The summed E-state index contributed by atoms with van der Waals surface area (Å²) in [6.45, 7) is 4.02. The predicted octanol–water partition coefficient (Wildman–Crippen LogP) is 1.48. The molecule has 0 bridgehead atoms. The Morgan fingerprint density at radius 2 is 1.89 bits per heavy atom. The van der Waals surface area contributed by atoms with Gasteiger partial charge in [0.25, 0.3) is 5.56 Å². The van der Waals surface area contributed by atoms with E-state index in [1.165, 1.54) is 17.8 Å². The Morgan fingerprint density at radius 1 is 1.26 bits per heavy atom. The first kappa shape index (κ1) is 15.4. The van der Waals surface area contributed by atoms with Crippen molar-refractivity contribution in [1.29, 1.82) is 0 Å². The molecule has 19 heavy (non-hydrogen) atoms. The molecule has 0 aliphatic heterocycles. The van der Waals surface area contributed by atoms with E-state index < -0.39 is 11.2 Å². The normalized spacial score (nSPS) is 12.4. The van der Waals surface area contributed by atoms with Crippen LogP contribution >= 0.6 is 0 Å². The van der Waals surface area contributed by atoms with E-state index in [1.807, 2.05) is 6.92 Å². The number of unbranched alkanes of at least 4 members (excludes halogenated alkanes) is 1. The molecule has 1 unspecified atom stereocenters. The fourth-order valence-electron chi connectivity index (χ4n) is 2.17. The van der Waals surface area contributed by atoms with Gasteiger partial charge in [0.15, 0.2) is 5.78 Å². The van der Waals surface area contributed by atoms with E-state index in [2.05, 4.69) is 6.92 Å². The molecule has 0 radical (unpaired) electrons. The van der Waals surface area contributed by atoms with E-state index in [0.29, 0.717) is 6.42 Å². The van der Waals surface area contributed by atoms with E-state index in [4.69, 9.17) is 0 Å². The molecule has 1 aromatic heterocycles. The minimum absolute atomic E-state index is 0.118. The van der Waals surface area contributed by atoms with Gasteiger partial charge in [-0.05, 0) is 12.8 Å². The van der Waals surface area contributed by atoms with Gasteiger partial charge in [0.2, 0.25) is 0 Å². The third-order valence-electron chi connectivity index (χ3n) is 3.48. The second kappa shape index (κ2) is 6.50. The summed E-state index contributed by atoms with van der Waals surface area (Å²) >= 11 is 0. The summed E-state index contributed by atoms with van der Waals surface area (Å²) in [6.07, 6.45) is 4.86. The Hall–Kier alpha value is -1.65. The fraction of sp³-hybridized carbons (Fsp3) is 0.643. The zero-order valence-electron chi connectivity index (χ0n) is 12.1. The quantitative estimate of drug-likeness (QED) is 0.733. The largest absolute Gasteiger partial charge is 0.330 e. The van der Waals surface area contributed by atoms with Crippen LogP contribution < -0.4 is 11.2 Å². The molecule has 106 valence electrons. The summed E-state index contributed by atoms with van der Waals surface area (Å²) in [5, 5.41) is 0. The van der Waals surface area contributed by atoms with Crippen LogP contribution in [0.15, 0.2) is 15.8 Å². The molecule has 5 nitrogen and oxygen atoms in total. The minimum atomic E-state index is -0.497. The van der Waals surface area contributed by atoms with Crippen molar-refractivity contribution in [1.82, 2.24) is 9.13 Å². The minimum Gasteiger partial charge on any atom is -0.303 e. The molecular formula is C14H22N2O3. The average molecular weight is 266 g/mol. The van der Waals surface area contributed by atoms with Crippen molar-refractivity contribution < 1.29 is 4.79 Å². The van der Waals surface area contributed by atoms with Crippen LogP contribution in [0.25, 0.3) is 0 Å². The summed E-state index contributed by atoms with van der Waals surface area (Å²) in [5.74, 6) is -0.280. The summed E-state index contributed by atoms with van der Waals surface area (Å²) < 4.78 is 2.26. The van der Waals surface area contributed by atoms with Gasteiger partial charge >= 0.3 is 5.69 Å². The lowest BCUT2D eigenvalue weighted by Gasteiger charge is -2.14. The lowest BCUT2D eigenvalue weighted by atomic mass is 9.91. The predicted molar refractivity (Wildman–Crippen MR) is 74.6 cm³/mol. The summed E-state index contributed by atoms with van der Waals surface area (Å²) in [4.78, 5) is 36.0. The first-order valence-corrected chi connectivity index (χ1v) is 6.74. The monoisotopic (exact) mass is 266 g/mol. The average Bonchev–Trinajstić information content (AvgIpc) is 2.41. The number of aromatic nitrogens is 2. The van der Waals surface area contributed by atoms with Crippen LogP contribution in [0.2, 0.25) is 0 Å². The molecule has 1 heterocycles. The molecule has 1 aromatic rings. The first-order chi connectivity index (χ1) is 8.93. The molecule has 0 aliphatic carbocycles. The van der Waals surface area contributed by atoms with E-state index >= 15 is 0 Å². The number of rotatable bonds is 6. The van der Waals surface area contributed by atoms with Gasteiger partial charge in [-0.3, -0.25) is 14.2 Å². The van der Waals surface area contributed by atoms with Gasteiger partial charge in [0.05, 0.1) is 5.56 Å². The van der Waals surface area contributed by atoms with Gasteiger partial charge < -0.3 is 4.57 Å². The van der Waals surface area contributed by atoms with Gasteiger partial charge in [0, 0.05) is 26.2 Å². The second-order valence-electron chi connectivity index (χ2n) is 4.91. The molecule has 0 saturated carbocycles. The highest BCUT2D eigenvalue weighted by molar-refractivity contribution is 5.97. The summed E-state index contributed by atoms with van der Waals surface area (Å²) in [6, 6.07) is 0. The Kier molecular flexibility index (Phi) is 5.27. The molecule has 0 aliphatic rings. The maximum atomic E-state index is 12.4. The molecule has 0 aromatic carbocycles. The third kappa shape index (κ3) is 3.22. The lowest BCUT2D eigenvalue weighted by Crippen LogP contribution is -2.40. The van der Waals surface area contributed by atoms with Gasteiger partial charge in [-0.15, -0.1) is 0 Å². The van der Waals surface area contributed by atoms with E-state index in [1.54, 1.807) is 7.05 Å². The molecule has 1 rings (SSSR count). The number of ketones is 1. The molecule has 5 heteroatoms. The van der Waals surface area contributed by atoms with Crippen LogP contribution in [0.5, 0.6) is 0 Å². The zero-order valence-corrected chi connectivity index (χ0v) is 12.1. The van der Waals surface area contributed by atoms with Crippen molar-refractivity contribution in [3.8, 4) is 0 Å². The van der Waals surface area contributed by atoms with Gasteiger partial charge in [-0.25, -0.2) is 4.79 Å². The van der Waals surface area contributed by atoms with Crippen molar-refractivity contribution in [2.45, 2.75) is 39.5 Å². The Labute approximate surface area is 112 Å². The molecule has 0 saturated heterocycles. The first-order valence-electron chi connectivity index (χ1n) is 6.74. The topological polar surface area (TPSA) is 61.1 Å². The molecular weight excluding hydrogens is 244 g/mol. The Bertz CT molecular complexity index is 569. The third-order valence-corrected chi connectivity index (χ3v) is 3.48. The molecule has 0 N–H and O–H groups in total. The second-order valence-corrected chi connectivity index (χ2v) is 4.91. The molecule has 0 spiro atoms. The number of hydrogen-bond donors (Lipinski definition) is 0. The number of aryl methyl sites for hydroxylation is 1. The van der Waals surface area contributed by atoms with Crippen molar-refractivity contribution in [3.63, 3.8) is 0 Å². The summed E-state index contributed by atoms with van der Waals surface area (Å²) in [5.41, 5.74) is -0.793. The highest BCUT2D eigenvalue weighted by atomic mass is 16.2. The maximum Gasteiger partial charge on any atom is 0.330 e. The van der Waals surface area contributed by atoms with Crippen molar-refractivity contribution in [2.24, 2.45) is 20.0 Å². The van der Waals surface area contributed by atoms with Gasteiger partial charge in [0.1, 0.15) is 0 Å². The number of nitrogens with zero attached hydrogens (tertiary/aromatic N) is 2. The number of carbonyl (C=O) groups is 1. The fourth-order valence-corrected chi connectivity index (χ4v) is 2.17. The molecule has 1 atom stereocenters. The molecule has 0 amide bonds. The van der Waals surface area contributed by atoms with Crippen LogP contribution in [-0.4, -0.2) is 14.9 Å². The molecule has 0 fully saturated rings. The highest BCUT2D eigenvalue weighted by Crippen LogP contribution is 2.16. The summed E-state index contributed by atoms with van der Waals surface area (Å²) in [7, 11) is 2.94. The van der Waals surface area contributed by atoms with Crippen LogP contribution in [-0.2, 0) is 14.1 Å². The van der Waals surface area contributed by atoms with E-state index in [9.17, 15) is 14.4 Å². The SMILES string of the molecule is CCCCC(CC)C(=O)c1cn(C)c(=O)n(C)c1=O. The van der Waals surface area contributed by atoms with Crippen molar-refractivity contribution in [3.05, 3.63) is 32.6 Å². The zero-order chi connectivity index (χ0) is 14.6. The Morgan fingerprint density at radius 3 is 2.42 bits per heavy atom. The highest BCUT2D eigenvalue weighted by Gasteiger charge is 2.22. The number of carbonyl (C=O) groups excluding carboxylic acids is 1. The Balaban J connectivity index is 3.19. The van der Waals surface area contributed by atoms with Gasteiger partial charge in [-0.1, -0.05) is 26.7 Å². The smallest absolute Gasteiger partial charge is 0.303 e. The van der Waals surface area contributed by atoms with Crippen molar-refractivity contribution in [2.75, 3.05) is 0 Å². The number of Topliss-reactive ketones (excluding diaryl/α,β-unsaturated/α-hetero) is 1. The van der Waals surface area contributed by atoms with E-state index in [-0.39, 0.29) is 17.3 Å². The maximum absolute atomic E-state index is 12.4. The van der Waals surface area contributed by atoms with Crippen LogP contribution in [0.4, 0.5) is 0 Å². The van der Waals surface area contributed by atoms with Crippen LogP contribution in [0, 0.1) is 5.92 Å². The van der Waals surface area contributed by atoms with Crippen molar-refractivity contribution >= 4 is 5.78 Å². The van der Waals surface area contributed by atoms with Gasteiger partial charge in [-0.2, -0.15) is 0 Å². The standard InChI is InChI=1S/C14H22N2O3/c1-5-7-8-10(6-2)12(17)11-9-15(3)14(19)16(4)13(11)18/h9-10H,5-8H2,1-4H3. The lowest BCUT2D eigenvalue weighted by molar-refractivity contribution is 0.0905. The number of hydrogen-bond acceptors (Lipinski definition) is 3. The van der Waals surface area contributed by atoms with Crippen LogP contribution in [0.3, 0.4) is 0 Å².